The van der Waals surface area contributed by atoms with Gasteiger partial charge in [-0.2, -0.15) is 0 Å². The standard InChI is InChI=1S/C4H9NO3/c1-3-7-5-8-4-2-6-1/h5H,1-4H2. The van der Waals surface area contributed by atoms with Crippen LogP contribution in [-0.4, -0.2) is 26.4 Å². The van der Waals surface area contributed by atoms with Gasteiger partial charge in [-0.15, -0.1) is 0 Å². The molecule has 0 aromatic heterocycles. The van der Waals surface area contributed by atoms with Crippen molar-refractivity contribution in [3.63, 3.8) is 0 Å². The molecule has 1 aliphatic rings. The summed E-state index contributed by atoms with van der Waals surface area (Å²) in [6.07, 6.45) is 0. The number of ether oxygens (including phenoxy) is 1. The van der Waals surface area contributed by atoms with E-state index in [9.17, 15) is 0 Å². The van der Waals surface area contributed by atoms with Crippen molar-refractivity contribution in [3.05, 3.63) is 0 Å². The van der Waals surface area contributed by atoms with Crippen LogP contribution >= 0.6 is 0 Å². The number of nitrogens with one attached hydrogen (secondary N) is 1. The van der Waals surface area contributed by atoms with Gasteiger partial charge in [0.05, 0.1) is 26.4 Å². The van der Waals surface area contributed by atoms with E-state index in [1.165, 1.54) is 0 Å². The molecule has 1 N–H and O–H groups in total. The Hall–Kier alpha value is -0.160. The molecule has 0 aromatic rings. The molecule has 1 fully saturated rings. The summed E-state index contributed by atoms with van der Waals surface area (Å²) in [5, 5.41) is 0. The van der Waals surface area contributed by atoms with Crippen LogP contribution in [0.3, 0.4) is 0 Å². The Morgan fingerprint density at radius 3 is 2.12 bits per heavy atom. The average molecular weight is 119 g/mol. The molecule has 4 heteroatoms. The van der Waals surface area contributed by atoms with Crippen molar-refractivity contribution in [2.75, 3.05) is 26.4 Å². The van der Waals surface area contributed by atoms with E-state index in [1.54, 1.807) is 0 Å². The number of hydrogen-bond donors (Lipinski definition) is 1. The smallest absolute Gasteiger partial charge is 0.0942 e. The highest BCUT2D eigenvalue weighted by molar-refractivity contribution is 4.29. The van der Waals surface area contributed by atoms with Crippen LogP contribution in [0, 0.1) is 0 Å². The molecule has 0 amide bonds. The Bertz CT molecular complexity index is 35.2. The van der Waals surface area contributed by atoms with Crippen LogP contribution in [0.25, 0.3) is 0 Å². The maximum atomic E-state index is 4.98. The molecule has 4 nitrogen and oxygen atoms in total. The van der Waals surface area contributed by atoms with Crippen LogP contribution in [0.15, 0.2) is 0 Å². The monoisotopic (exact) mass is 119 g/mol. The predicted octanol–water partition coefficient (Wildman–Crippen LogP) is -0.531. The summed E-state index contributed by atoms with van der Waals surface area (Å²) < 4.78 is 4.98. The van der Waals surface area contributed by atoms with E-state index in [4.69, 9.17) is 4.74 Å². The minimum absolute atomic E-state index is 0.542. The first-order valence-electron chi connectivity index (χ1n) is 2.56. The van der Waals surface area contributed by atoms with Crippen LogP contribution in [0.1, 0.15) is 0 Å². The van der Waals surface area contributed by atoms with Gasteiger partial charge in [0.25, 0.3) is 0 Å². The van der Waals surface area contributed by atoms with Crippen molar-refractivity contribution in [3.8, 4) is 0 Å². The minimum Gasteiger partial charge on any atom is -0.376 e. The topological polar surface area (TPSA) is 39.7 Å². The van der Waals surface area contributed by atoms with Gasteiger partial charge in [0, 0.05) is 0 Å². The third-order valence-electron chi connectivity index (χ3n) is 0.777. The highest BCUT2D eigenvalue weighted by Crippen LogP contribution is 1.81. The molecule has 0 bridgehead atoms. The Morgan fingerprint density at radius 1 is 0.875 bits per heavy atom. The SMILES string of the molecule is C1CONOCCO1. The fraction of sp³-hybridized carbons (Fsp3) is 1.00. The second-order valence-electron chi connectivity index (χ2n) is 1.39. The van der Waals surface area contributed by atoms with Gasteiger partial charge in [-0.1, -0.05) is 5.64 Å². The molecule has 0 atom stereocenters. The van der Waals surface area contributed by atoms with Gasteiger partial charge >= 0.3 is 0 Å². The normalized spacial score (nSPS) is 24.0. The second kappa shape index (κ2) is 3.80. The molecule has 0 radical (unpaired) electrons. The van der Waals surface area contributed by atoms with E-state index < -0.39 is 0 Å². The van der Waals surface area contributed by atoms with E-state index in [1.807, 2.05) is 0 Å². The fourth-order valence-electron chi connectivity index (χ4n) is 0.428. The van der Waals surface area contributed by atoms with Gasteiger partial charge in [-0.3, -0.25) is 9.68 Å². The largest absolute Gasteiger partial charge is 0.376 e. The van der Waals surface area contributed by atoms with Gasteiger partial charge in [0.2, 0.25) is 0 Å². The van der Waals surface area contributed by atoms with Crippen LogP contribution in [0.4, 0.5) is 0 Å². The van der Waals surface area contributed by atoms with Crippen LogP contribution in [0.2, 0.25) is 0 Å². The average Bonchev–Trinajstić information content (AvgIpc) is 1.62. The Kier molecular flexibility index (Phi) is 2.83. The zero-order valence-electron chi connectivity index (χ0n) is 4.55. The molecule has 0 aromatic carbocycles. The Labute approximate surface area is 47.6 Å². The van der Waals surface area contributed by atoms with Gasteiger partial charge in [-0.05, 0) is 0 Å². The lowest BCUT2D eigenvalue weighted by molar-refractivity contribution is -0.202. The first-order chi connectivity index (χ1) is 4.00. The van der Waals surface area contributed by atoms with E-state index in [2.05, 4.69) is 15.3 Å². The van der Waals surface area contributed by atoms with Crippen molar-refractivity contribution >= 4 is 0 Å². The van der Waals surface area contributed by atoms with Gasteiger partial charge in [0.1, 0.15) is 0 Å². The summed E-state index contributed by atoms with van der Waals surface area (Å²) in [7, 11) is 0. The van der Waals surface area contributed by atoms with Crippen LogP contribution < -0.4 is 5.64 Å². The van der Waals surface area contributed by atoms with Crippen LogP contribution in [-0.2, 0) is 14.4 Å². The first-order valence-corrected chi connectivity index (χ1v) is 2.56. The Morgan fingerprint density at radius 2 is 1.50 bits per heavy atom. The summed E-state index contributed by atoms with van der Waals surface area (Å²) in [6.45, 7) is 2.35. The van der Waals surface area contributed by atoms with Crippen molar-refractivity contribution in [2.45, 2.75) is 0 Å². The van der Waals surface area contributed by atoms with Crippen molar-refractivity contribution in [2.24, 2.45) is 0 Å². The third-order valence-corrected chi connectivity index (χ3v) is 0.777. The molecular formula is C4H9NO3. The van der Waals surface area contributed by atoms with Gasteiger partial charge < -0.3 is 4.74 Å². The summed E-state index contributed by atoms with van der Waals surface area (Å²) in [5.74, 6) is 0. The van der Waals surface area contributed by atoms with Gasteiger partial charge in [0.15, 0.2) is 0 Å². The lowest BCUT2D eigenvalue weighted by Crippen LogP contribution is -2.24. The lowest BCUT2D eigenvalue weighted by atomic mass is 10.7. The molecule has 1 rings (SSSR count). The maximum Gasteiger partial charge on any atom is 0.0942 e. The van der Waals surface area contributed by atoms with E-state index in [0.29, 0.717) is 26.4 Å². The quantitative estimate of drug-likeness (QED) is 0.465. The van der Waals surface area contributed by atoms with E-state index in [0.717, 1.165) is 0 Å². The first kappa shape index (κ1) is 5.97. The van der Waals surface area contributed by atoms with Crippen molar-refractivity contribution in [1.29, 1.82) is 0 Å². The molecule has 0 aliphatic carbocycles. The molecule has 0 saturated carbocycles. The fourth-order valence-corrected chi connectivity index (χ4v) is 0.428. The summed E-state index contributed by atoms with van der Waals surface area (Å²) >= 11 is 0. The minimum atomic E-state index is 0.542. The van der Waals surface area contributed by atoms with Crippen LogP contribution in [0.5, 0.6) is 0 Å². The summed E-state index contributed by atoms with van der Waals surface area (Å²) in [5.41, 5.74) is 2.31. The molecule has 1 aliphatic heterocycles. The highest BCUT2D eigenvalue weighted by atomic mass is 16.9. The number of rotatable bonds is 0. The predicted molar refractivity (Wildman–Crippen MR) is 25.9 cm³/mol. The zero-order chi connectivity index (χ0) is 5.66. The molecular weight excluding hydrogens is 110 g/mol. The summed E-state index contributed by atoms with van der Waals surface area (Å²) in [4.78, 5) is 9.35. The third kappa shape index (κ3) is 2.23. The maximum absolute atomic E-state index is 4.98. The number of hydrogen-bond acceptors (Lipinski definition) is 4. The molecule has 1 heterocycles. The van der Waals surface area contributed by atoms with E-state index in [-0.39, 0.29) is 0 Å². The van der Waals surface area contributed by atoms with E-state index >= 15 is 0 Å². The molecule has 8 heavy (non-hydrogen) atoms. The Balaban J connectivity index is 2.00. The molecule has 48 valence electrons. The summed E-state index contributed by atoms with van der Waals surface area (Å²) in [6, 6.07) is 0. The zero-order valence-corrected chi connectivity index (χ0v) is 4.55. The molecule has 0 unspecified atom stereocenters. The van der Waals surface area contributed by atoms with Crippen molar-refractivity contribution < 1.29 is 14.4 Å². The second-order valence-corrected chi connectivity index (χ2v) is 1.39. The van der Waals surface area contributed by atoms with Crippen molar-refractivity contribution in [1.82, 2.24) is 5.64 Å². The molecule has 0 spiro atoms. The van der Waals surface area contributed by atoms with Gasteiger partial charge in [-0.25, -0.2) is 0 Å². The molecule has 1 saturated heterocycles. The highest BCUT2D eigenvalue weighted by Gasteiger charge is 1.94. The lowest BCUT2D eigenvalue weighted by Gasteiger charge is -2.10.